The van der Waals surface area contributed by atoms with E-state index in [2.05, 4.69) is 0 Å². The third kappa shape index (κ3) is 3.13. The van der Waals surface area contributed by atoms with Crippen molar-refractivity contribution >= 4 is 9.84 Å². The molecule has 0 aromatic heterocycles. The lowest BCUT2D eigenvalue weighted by molar-refractivity contribution is -0.150. The minimum Gasteiger partial charge on any atom is -0.320 e. The highest BCUT2D eigenvalue weighted by molar-refractivity contribution is 7.91. The fourth-order valence-electron chi connectivity index (χ4n) is 1.55. The smallest absolute Gasteiger partial charge is 0.320 e. The van der Waals surface area contributed by atoms with Gasteiger partial charge in [0.1, 0.15) is 6.04 Å². The van der Waals surface area contributed by atoms with E-state index in [4.69, 9.17) is 5.73 Å². The van der Waals surface area contributed by atoms with Gasteiger partial charge in [-0.25, -0.2) is 8.42 Å². The summed E-state index contributed by atoms with van der Waals surface area (Å²) in [7, 11) is -3.11. The summed E-state index contributed by atoms with van der Waals surface area (Å²) >= 11 is 0. The van der Waals surface area contributed by atoms with Crippen LogP contribution in [0.4, 0.5) is 13.2 Å². The fraction of sp³-hybridized carbons (Fsp3) is 1.00. The van der Waals surface area contributed by atoms with Gasteiger partial charge in [0.05, 0.1) is 11.5 Å². The second-order valence-electron chi connectivity index (χ2n) is 3.65. The molecule has 0 bridgehead atoms. The maximum atomic E-state index is 12.0. The van der Waals surface area contributed by atoms with Crippen molar-refractivity contribution < 1.29 is 21.6 Å². The predicted molar refractivity (Wildman–Crippen MR) is 45.4 cm³/mol. The van der Waals surface area contributed by atoms with Gasteiger partial charge in [0.15, 0.2) is 9.84 Å². The topological polar surface area (TPSA) is 60.2 Å². The van der Waals surface area contributed by atoms with Crippen LogP contribution in [0, 0.1) is 5.92 Å². The molecule has 2 N–H and O–H groups in total. The van der Waals surface area contributed by atoms with Crippen molar-refractivity contribution in [1.82, 2.24) is 0 Å². The monoisotopic (exact) mass is 231 g/mol. The average Bonchev–Trinajstić information content (AvgIpc) is 2.28. The van der Waals surface area contributed by atoms with E-state index in [0.717, 1.165) is 0 Å². The van der Waals surface area contributed by atoms with Crippen LogP contribution in [-0.4, -0.2) is 32.1 Å². The van der Waals surface area contributed by atoms with Crippen LogP contribution in [0.1, 0.15) is 12.8 Å². The van der Waals surface area contributed by atoms with Crippen LogP contribution in [0.3, 0.4) is 0 Å². The molecule has 0 aromatic rings. The van der Waals surface area contributed by atoms with E-state index in [9.17, 15) is 21.6 Å². The quantitative estimate of drug-likeness (QED) is 0.761. The molecule has 0 radical (unpaired) electrons. The van der Waals surface area contributed by atoms with Crippen molar-refractivity contribution in [3.05, 3.63) is 0 Å². The first kappa shape index (κ1) is 11.8. The van der Waals surface area contributed by atoms with Crippen molar-refractivity contribution in [1.29, 1.82) is 0 Å². The Bertz CT molecular complexity index is 299. The van der Waals surface area contributed by atoms with Gasteiger partial charge in [0.2, 0.25) is 0 Å². The normalized spacial score (nSPS) is 29.0. The standard InChI is InChI=1S/C7H12F3NO2S/c8-7(9,10)6(11)3-5-1-2-14(12,13)4-5/h5-6H,1-4,11H2. The van der Waals surface area contributed by atoms with E-state index < -0.39 is 28.0 Å². The largest absolute Gasteiger partial charge is 0.403 e. The Kier molecular flexibility index (Phi) is 3.10. The van der Waals surface area contributed by atoms with Crippen molar-refractivity contribution in [2.75, 3.05) is 11.5 Å². The molecule has 1 fully saturated rings. The van der Waals surface area contributed by atoms with E-state index in [1.807, 2.05) is 0 Å². The zero-order valence-corrected chi connectivity index (χ0v) is 8.24. The molecule has 2 unspecified atom stereocenters. The lowest BCUT2D eigenvalue weighted by Crippen LogP contribution is -2.39. The number of hydrogen-bond donors (Lipinski definition) is 1. The van der Waals surface area contributed by atoms with Crippen LogP contribution in [-0.2, 0) is 9.84 Å². The van der Waals surface area contributed by atoms with Crippen LogP contribution in [0.25, 0.3) is 0 Å². The van der Waals surface area contributed by atoms with Gasteiger partial charge in [-0.2, -0.15) is 13.2 Å². The number of alkyl halides is 3. The third-order valence-electron chi connectivity index (χ3n) is 2.33. The maximum absolute atomic E-state index is 12.0. The summed E-state index contributed by atoms with van der Waals surface area (Å²) in [5, 5.41) is 0. The molecule has 0 aromatic carbocycles. The lowest BCUT2D eigenvalue weighted by Gasteiger charge is -2.18. The number of rotatable bonds is 2. The van der Waals surface area contributed by atoms with E-state index in [1.165, 1.54) is 0 Å². The number of hydrogen-bond acceptors (Lipinski definition) is 3. The summed E-state index contributed by atoms with van der Waals surface area (Å²) in [6.07, 6.45) is -4.42. The van der Waals surface area contributed by atoms with Gasteiger partial charge in [-0.3, -0.25) is 0 Å². The zero-order valence-electron chi connectivity index (χ0n) is 7.42. The summed E-state index contributed by atoms with van der Waals surface area (Å²) in [5.74, 6) is -0.601. The second-order valence-corrected chi connectivity index (χ2v) is 5.88. The molecule has 2 atom stereocenters. The molecule has 0 aliphatic carbocycles. The minimum absolute atomic E-state index is 0.0117. The van der Waals surface area contributed by atoms with Gasteiger partial charge in [-0.1, -0.05) is 0 Å². The first-order chi connectivity index (χ1) is 6.21. The predicted octanol–water partition coefficient (Wildman–Crippen LogP) is 0.701. The van der Waals surface area contributed by atoms with Gasteiger partial charge < -0.3 is 5.73 Å². The maximum Gasteiger partial charge on any atom is 0.403 e. The van der Waals surface area contributed by atoms with Crippen molar-refractivity contribution in [2.24, 2.45) is 11.7 Å². The Balaban J connectivity index is 2.48. The van der Waals surface area contributed by atoms with Crippen LogP contribution >= 0.6 is 0 Å². The summed E-state index contributed by atoms with van der Waals surface area (Å²) in [5.41, 5.74) is 4.90. The second kappa shape index (κ2) is 3.69. The van der Waals surface area contributed by atoms with Crippen LogP contribution in [0.5, 0.6) is 0 Å². The Labute approximate surface area is 80.4 Å². The summed E-state index contributed by atoms with van der Waals surface area (Å²) < 4.78 is 58.0. The molecule has 1 aliphatic rings. The van der Waals surface area contributed by atoms with Gasteiger partial charge >= 0.3 is 6.18 Å². The Morgan fingerprint density at radius 1 is 1.43 bits per heavy atom. The van der Waals surface area contributed by atoms with E-state index in [-0.39, 0.29) is 17.9 Å². The number of halogens is 3. The molecule has 1 heterocycles. The van der Waals surface area contributed by atoms with Crippen LogP contribution < -0.4 is 5.73 Å². The van der Waals surface area contributed by atoms with Crippen LogP contribution in [0.15, 0.2) is 0 Å². The number of sulfone groups is 1. The van der Waals surface area contributed by atoms with Gasteiger partial charge in [0, 0.05) is 0 Å². The van der Waals surface area contributed by atoms with E-state index in [1.54, 1.807) is 0 Å². The van der Waals surface area contributed by atoms with Gasteiger partial charge in [0.25, 0.3) is 0 Å². The highest BCUT2D eigenvalue weighted by atomic mass is 32.2. The van der Waals surface area contributed by atoms with Gasteiger partial charge in [-0.05, 0) is 18.8 Å². The molecule has 1 saturated heterocycles. The molecule has 0 amide bonds. The van der Waals surface area contributed by atoms with Crippen LogP contribution in [0.2, 0.25) is 0 Å². The molecular weight excluding hydrogens is 219 g/mol. The third-order valence-corrected chi connectivity index (χ3v) is 4.17. The molecule has 3 nitrogen and oxygen atoms in total. The van der Waals surface area contributed by atoms with Crippen molar-refractivity contribution in [3.63, 3.8) is 0 Å². The summed E-state index contributed by atoms with van der Waals surface area (Å²) in [6.45, 7) is 0. The van der Waals surface area contributed by atoms with Crippen molar-refractivity contribution in [2.45, 2.75) is 25.1 Å². The SMILES string of the molecule is NC(CC1CCS(=O)(=O)C1)C(F)(F)F. The minimum atomic E-state index is -4.42. The summed E-state index contributed by atoms with van der Waals surface area (Å²) in [6, 6.07) is -1.90. The molecule has 1 aliphatic heterocycles. The molecule has 7 heteroatoms. The molecule has 0 saturated carbocycles. The first-order valence-electron chi connectivity index (χ1n) is 4.23. The molecule has 84 valence electrons. The first-order valence-corrected chi connectivity index (χ1v) is 6.05. The zero-order chi connectivity index (χ0) is 11.0. The average molecular weight is 231 g/mol. The van der Waals surface area contributed by atoms with Crippen molar-refractivity contribution in [3.8, 4) is 0 Å². The van der Waals surface area contributed by atoms with E-state index in [0.29, 0.717) is 6.42 Å². The fourth-order valence-corrected chi connectivity index (χ4v) is 3.43. The molecular formula is C7H12F3NO2S. The van der Waals surface area contributed by atoms with Gasteiger partial charge in [-0.15, -0.1) is 0 Å². The summed E-state index contributed by atoms with van der Waals surface area (Å²) in [4.78, 5) is 0. The Hall–Kier alpha value is -0.300. The Morgan fingerprint density at radius 3 is 2.36 bits per heavy atom. The number of nitrogens with two attached hydrogens (primary N) is 1. The van der Waals surface area contributed by atoms with E-state index >= 15 is 0 Å². The molecule has 14 heavy (non-hydrogen) atoms. The lowest BCUT2D eigenvalue weighted by atomic mass is 10.00. The molecule has 0 spiro atoms. The Morgan fingerprint density at radius 2 is 2.00 bits per heavy atom. The molecule has 1 rings (SSSR count). The highest BCUT2D eigenvalue weighted by Crippen LogP contribution is 2.28. The highest BCUT2D eigenvalue weighted by Gasteiger charge is 2.40.